The Labute approximate surface area is 196 Å². The van der Waals surface area contributed by atoms with E-state index >= 15 is 0 Å². The minimum atomic E-state index is -1.13. The van der Waals surface area contributed by atoms with Crippen LogP contribution in [0.25, 0.3) is 11.1 Å². The van der Waals surface area contributed by atoms with E-state index in [1.807, 2.05) is 24.3 Å². The van der Waals surface area contributed by atoms with Crippen molar-refractivity contribution in [3.63, 3.8) is 0 Å². The molecule has 9 heteroatoms. The number of carboxylic acids is 1. The summed E-state index contributed by atoms with van der Waals surface area (Å²) in [5.41, 5.74) is 5.20. The van der Waals surface area contributed by atoms with Crippen molar-refractivity contribution in [3.8, 4) is 11.1 Å². The van der Waals surface area contributed by atoms with Gasteiger partial charge in [-0.3, -0.25) is 4.79 Å². The number of carbonyl (C=O) groups excluding carboxylic acids is 2. The fourth-order valence-electron chi connectivity index (χ4n) is 4.17. The maximum Gasteiger partial charge on any atom is 0.407 e. The summed E-state index contributed by atoms with van der Waals surface area (Å²) in [4.78, 5) is 42.4. The van der Waals surface area contributed by atoms with Crippen LogP contribution in [0, 0.1) is 0 Å². The van der Waals surface area contributed by atoms with Gasteiger partial charge in [0.25, 0.3) is 0 Å². The Hall–Kier alpha value is -4.14. The first-order valence-electron chi connectivity index (χ1n) is 11.1. The minimum absolute atomic E-state index is 0.0215. The fourth-order valence-corrected chi connectivity index (χ4v) is 4.17. The number of aliphatic carboxylic acids is 1. The van der Waals surface area contributed by atoms with Crippen molar-refractivity contribution in [2.24, 2.45) is 0 Å². The maximum atomic E-state index is 12.2. The second-order valence-electron chi connectivity index (χ2n) is 8.10. The van der Waals surface area contributed by atoms with Gasteiger partial charge in [0, 0.05) is 37.2 Å². The summed E-state index contributed by atoms with van der Waals surface area (Å²) >= 11 is 0. The van der Waals surface area contributed by atoms with E-state index in [1.54, 1.807) is 0 Å². The molecule has 1 aliphatic rings. The zero-order valence-electron chi connectivity index (χ0n) is 18.5. The van der Waals surface area contributed by atoms with E-state index in [2.05, 4.69) is 44.9 Å². The molecule has 34 heavy (non-hydrogen) atoms. The molecule has 0 unspecified atom stereocenters. The zero-order chi connectivity index (χ0) is 23.9. The van der Waals surface area contributed by atoms with Crippen LogP contribution in [0.4, 0.5) is 4.79 Å². The summed E-state index contributed by atoms with van der Waals surface area (Å²) < 4.78 is 5.46. The van der Waals surface area contributed by atoms with E-state index in [0.717, 1.165) is 22.3 Å². The molecule has 3 aromatic rings. The van der Waals surface area contributed by atoms with Gasteiger partial charge in [-0.15, -0.1) is 0 Å². The van der Waals surface area contributed by atoms with E-state index in [0.29, 0.717) is 12.1 Å². The normalized spacial score (nSPS) is 12.9. The second-order valence-corrected chi connectivity index (χ2v) is 8.10. The third-order valence-electron chi connectivity index (χ3n) is 5.81. The number of nitrogens with one attached hydrogen (secondary N) is 3. The molecule has 1 atom stereocenters. The van der Waals surface area contributed by atoms with Crippen LogP contribution < -0.4 is 10.6 Å². The highest BCUT2D eigenvalue weighted by atomic mass is 16.5. The maximum absolute atomic E-state index is 12.2. The van der Waals surface area contributed by atoms with Crippen molar-refractivity contribution in [2.75, 3.05) is 13.2 Å². The third kappa shape index (κ3) is 5.43. The molecule has 1 aromatic heterocycles. The largest absolute Gasteiger partial charge is 0.480 e. The number of nitrogens with zero attached hydrogens (tertiary/aromatic N) is 1. The van der Waals surface area contributed by atoms with Gasteiger partial charge >= 0.3 is 12.1 Å². The third-order valence-corrected chi connectivity index (χ3v) is 5.81. The number of alkyl carbamates (subject to hydrolysis) is 1. The number of imidazole rings is 1. The average Bonchev–Trinajstić information content (AvgIpc) is 3.46. The topological polar surface area (TPSA) is 133 Å². The van der Waals surface area contributed by atoms with Gasteiger partial charge in [-0.05, 0) is 28.7 Å². The standard InChI is InChI=1S/C25H26N4O5/c30-23(29-22(24(31)32)12-16-13-26-15-28-16)10-5-11-27-25(33)34-14-21-19-8-3-1-6-17(19)18-7-2-4-9-20(18)21/h1-4,6-9,13,15,21-22H,5,10-12,14H2,(H,26,28)(H,27,33)(H,29,30)(H,31,32)/t22-/m0/s1. The fraction of sp³-hybridized carbons (Fsp3) is 0.280. The van der Waals surface area contributed by atoms with Crippen molar-refractivity contribution < 1.29 is 24.2 Å². The van der Waals surface area contributed by atoms with Gasteiger partial charge in [-0.2, -0.15) is 0 Å². The Morgan fingerprint density at radius 2 is 1.74 bits per heavy atom. The molecule has 0 aliphatic heterocycles. The quantitative estimate of drug-likeness (QED) is 0.343. The summed E-state index contributed by atoms with van der Waals surface area (Å²) in [6, 6.07) is 15.2. The summed E-state index contributed by atoms with van der Waals surface area (Å²) in [7, 11) is 0. The second kappa shape index (κ2) is 10.7. The number of hydrogen-bond donors (Lipinski definition) is 4. The first-order chi connectivity index (χ1) is 16.5. The molecular weight excluding hydrogens is 436 g/mol. The Morgan fingerprint density at radius 1 is 1.06 bits per heavy atom. The van der Waals surface area contributed by atoms with Crippen LogP contribution in [0.3, 0.4) is 0 Å². The number of hydrogen-bond acceptors (Lipinski definition) is 5. The number of ether oxygens (including phenoxy) is 1. The van der Waals surface area contributed by atoms with E-state index in [-0.39, 0.29) is 31.9 Å². The van der Waals surface area contributed by atoms with Crippen LogP contribution in [-0.2, 0) is 20.7 Å². The number of aromatic nitrogens is 2. The predicted molar refractivity (Wildman–Crippen MR) is 124 cm³/mol. The van der Waals surface area contributed by atoms with Crippen LogP contribution in [0.15, 0.2) is 61.1 Å². The molecule has 4 rings (SSSR count). The van der Waals surface area contributed by atoms with E-state index in [4.69, 9.17) is 4.74 Å². The van der Waals surface area contributed by atoms with E-state index in [9.17, 15) is 19.5 Å². The highest BCUT2D eigenvalue weighted by molar-refractivity contribution is 5.83. The number of rotatable bonds is 10. The Morgan fingerprint density at radius 3 is 2.35 bits per heavy atom. The van der Waals surface area contributed by atoms with E-state index < -0.39 is 24.0 Å². The lowest BCUT2D eigenvalue weighted by Crippen LogP contribution is -2.42. The zero-order valence-corrected chi connectivity index (χ0v) is 18.5. The van der Waals surface area contributed by atoms with Gasteiger partial charge in [0.05, 0.1) is 6.33 Å². The summed E-state index contributed by atoms with van der Waals surface area (Å²) in [6.45, 7) is 0.455. The van der Waals surface area contributed by atoms with Crippen molar-refractivity contribution in [2.45, 2.75) is 31.2 Å². The lowest BCUT2D eigenvalue weighted by atomic mass is 9.98. The van der Waals surface area contributed by atoms with Crippen molar-refractivity contribution >= 4 is 18.0 Å². The molecule has 0 radical (unpaired) electrons. The van der Waals surface area contributed by atoms with Crippen LogP contribution >= 0.6 is 0 Å². The number of aromatic amines is 1. The number of carbonyl (C=O) groups is 3. The molecule has 0 saturated carbocycles. The molecule has 0 fully saturated rings. The number of benzene rings is 2. The molecule has 176 valence electrons. The lowest BCUT2D eigenvalue weighted by Gasteiger charge is -2.15. The first kappa shape index (κ1) is 23.0. The molecule has 9 nitrogen and oxygen atoms in total. The van der Waals surface area contributed by atoms with Gasteiger partial charge in [0.1, 0.15) is 12.6 Å². The number of fused-ring (bicyclic) bond motifs is 3. The summed E-state index contributed by atoms with van der Waals surface area (Å²) in [5.74, 6) is -1.55. The van der Waals surface area contributed by atoms with Crippen LogP contribution in [-0.4, -0.2) is 52.2 Å². The van der Waals surface area contributed by atoms with Gasteiger partial charge in [-0.25, -0.2) is 14.6 Å². The van der Waals surface area contributed by atoms with Crippen molar-refractivity contribution in [1.82, 2.24) is 20.6 Å². The van der Waals surface area contributed by atoms with E-state index in [1.165, 1.54) is 12.5 Å². The highest BCUT2D eigenvalue weighted by Crippen LogP contribution is 2.44. The number of H-pyrrole nitrogens is 1. The molecule has 0 saturated heterocycles. The Bertz CT molecular complexity index is 1120. The first-order valence-corrected chi connectivity index (χ1v) is 11.1. The molecular formula is C25H26N4O5. The predicted octanol–water partition coefficient (Wildman–Crippen LogP) is 2.84. The molecule has 1 heterocycles. The SMILES string of the molecule is O=C(CCCNC(=O)OCC1c2ccccc2-c2ccccc21)N[C@@H](Cc1cnc[nH]1)C(=O)O. The lowest BCUT2D eigenvalue weighted by molar-refractivity contribution is -0.141. The number of carboxylic acid groups (broad SMARTS) is 1. The van der Waals surface area contributed by atoms with Crippen molar-refractivity contribution in [1.29, 1.82) is 0 Å². The summed E-state index contributed by atoms with van der Waals surface area (Å²) in [6.07, 6.45) is 2.96. The monoisotopic (exact) mass is 462 g/mol. The molecule has 2 aromatic carbocycles. The molecule has 0 bridgehead atoms. The van der Waals surface area contributed by atoms with Gasteiger partial charge < -0.3 is 25.5 Å². The van der Waals surface area contributed by atoms with Crippen molar-refractivity contribution in [3.05, 3.63) is 77.9 Å². The summed E-state index contributed by atoms with van der Waals surface area (Å²) in [5, 5.41) is 14.5. The minimum Gasteiger partial charge on any atom is -0.480 e. The smallest absolute Gasteiger partial charge is 0.407 e. The Kier molecular flexibility index (Phi) is 7.22. The Balaban J connectivity index is 1.19. The van der Waals surface area contributed by atoms with Crippen LogP contribution in [0.2, 0.25) is 0 Å². The molecule has 4 N–H and O–H groups in total. The van der Waals surface area contributed by atoms with Gasteiger partial charge in [0.2, 0.25) is 5.91 Å². The number of amides is 2. The van der Waals surface area contributed by atoms with Crippen LogP contribution in [0.1, 0.15) is 35.6 Å². The molecule has 0 spiro atoms. The highest BCUT2D eigenvalue weighted by Gasteiger charge is 2.29. The molecule has 1 aliphatic carbocycles. The average molecular weight is 463 g/mol. The molecule has 2 amide bonds. The van der Waals surface area contributed by atoms with Gasteiger partial charge in [0.15, 0.2) is 0 Å². The van der Waals surface area contributed by atoms with Gasteiger partial charge in [-0.1, -0.05) is 48.5 Å². The van der Waals surface area contributed by atoms with Crippen LogP contribution in [0.5, 0.6) is 0 Å².